The molecule has 0 radical (unpaired) electrons. The summed E-state index contributed by atoms with van der Waals surface area (Å²) in [7, 11) is 0. The van der Waals surface area contributed by atoms with Gasteiger partial charge in [-0.3, -0.25) is 14.1 Å². The maximum Gasteiger partial charge on any atom is 0.264 e. The fraction of sp³-hybridized carbons (Fsp3) is 0.500. The summed E-state index contributed by atoms with van der Waals surface area (Å²) in [6.45, 7) is 5.25. The third kappa shape index (κ3) is 2.07. The number of carbonyl (C=O) groups excluding carboxylic acids is 1. The minimum absolute atomic E-state index is 0.177. The van der Waals surface area contributed by atoms with E-state index in [9.17, 15) is 4.79 Å². The number of hydrogen-bond donors (Lipinski definition) is 0. The molecule has 0 N–H and O–H groups in total. The summed E-state index contributed by atoms with van der Waals surface area (Å²) in [5.74, 6) is 0.177. The highest BCUT2D eigenvalue weighted by Gasteiger charge is 2.37. The molecule has 3 aromatic rings. The average Bonchev–Trinajstić information content (AvgIpc) is 3.25. The number of imidazole rings is 1. The van der Waals surface area contributed by atoms with Crippen LogP contribution in [0.25, 0.3) is 15.3 Å². The van der Waals surface area contributed by atoms with E-state index >= 15 is 0 Å². The standard InChI is InChI=1S/C16H18N4OS2/c1-10-8-18-4-2-3-11(18)9-20(10)15(21)13-7-12-14(23-13)17-16-19(12)5-6-22-16/h5-7,10-11H,2-4,8-9H2,1H3. The molecule has 3 aromatic heterocycles. The van der Waals surface area contributed by atoms with Crippen molar-refractivity contribution in [3.8, 4) is 0 Å². The Balaban J connectivity index is 1.48. The molecule has 2 fully saturated rings. The summed E-state index contributed by atoms with van der Waals surface area (Å²) < 4.78 is 2.08. The minimum atomic E-state index is 0.177. The number of aromatic nitrogens is 2. The van der Waals surface area contributed by atoms with Gasteiger partial charge in [-0.1, -0.05) is 0 Å². The highest BCUT2D eigenvalue weighted by atomic mass is 32.1. The van der Waals surface area contributed by atoms with Crippen LogP contribution in [0.15, 0.2) is 17.6 Å². The molecule has 0 aromatic carbocycles. The van der Waals surface area contributed by atoms with Crippen molar-refractivity contribution in [2.45, 2.75) is 31.8 Å². The number of amides is 1. The Morgan fingerprint density at radius 2 is 2.30 bits per heavy atom. The lowest BCUT2D eigenvalue weighted by Crippen LogP contribution is -2.56. The van der Waals surface area contributed by atoms with Crippen LogP contribution in [0.4, 0.5) is 0 Å². The van der Waals surface area contributed by atoms with Crippen molar-refractivity contribution in [1.82, 2.24) is 19.2 Å². The molecule has 5 rings (SSSR count). The maximum atomic E-state index is 13.0. The largest absolute Gasteiger partial charge is 0.332 e. The zero-order chi connectivity index (χ0) is 15.6. The summed E-state index contributed by atoms with van der Waals surface area (Å²) in [5, 5.41) is 2.03. The Morgan fingerprint density at radius 3 is 3.22 bits per heavy atom. The van der Waals surface area contributed by atoms with Gasteiger partial charge in [-0.25, -0.2) is 4.98 Å². The molecule has 0 aliphatic carbocycles. The predicted octanol–water partition coefficient (Wildman–Crippen LogP) is 2.92. The van der Waals surface area contributed by atoms with Gasteiger partial charge in [0, 0.05) is 36.8 Å². The Labute approximate surface area is 142 Å². The summed E-state index contributed by atoms with van der Waals surface area (Å²) in [5.41, 5.74) is 1.06. The Kier molecular flexibility index (Phi) is 3.05. The van der Waals surface area contributed by atoms with Gasteiger partial charge >= 0.3 is 0 Å². The molecule has 0 saturated carbocycles. The third-order valence-corrected chi connectivity index (χ3v) is 6.91. The van der Waals surface area contributed by atoms with Crippen molar-refractivity contribution in [2.24, 2.45) is 0 Å². The first-order valence-corrected chi connectivity index (χ1v) is 9.80. The number of thiazole rings is 1. The minimum Gasteiger partial charge on any atom is -0.332 e. The summed E-state index contributed by atoms with van der Waals surface area (Å²) in [6, 6.07) is 2.86. The number of carbonyl (C=O) groups is 1. The lowest BCUT2D eigenvalue weighted by atomic mass is 10.1. The van der Waals surface area contributed by atoms with Crippen LogP contribution in [0.3, 0.4) is 0 Å². The maximum absolute atomic E-state index is 13.0. The second kappa shape index (κ2) is 5.03. The molecule has 0 bridgehead atoms. The number of thiophene rings is 1. The second-order valence-electron chi connectivity index (χ2n) is 6.57. The van der Waals surface area contributed by atoms with Crippen LogP contribution in [0.1, 0.15) is 29.4 Å². The molecule has 7 heteroatoms. The summed E-state index contributed by atoms with van der Waals surface area (Å²) >= 11 is 3.16. The van der Waals surface area contributed by atoms with Crippen molar-refractivity contribution in [3.05, 3.63) is 22.5 Å². The fourth-order valence-electron chi connectivity index (χ4n) is 3.96. The smallest absolute Gasteiger partial charge is 0.264 e. The van der Waals surface area contributed by atoms with Gasteiger partial charge in [0.1, 0.15) is 4.83 Å². The summed E-state index contributed by atoms with van der Waals surface area (Å²) in [4.78, 5) is 25.0. The molecule has 2 unspecified atom stereocenters. The topological polar surface area (TPSA) is 40.8 Å². The summed E-state index contributed by atoms with van der Waals surface area (Å²) in [6.07, 6.45) is 4.51. The second-order valence-corrected chi connectivity index (χ2v) is 8.47. The fourth-order valence-corrected chi connectivity index (χ4v) is 5.72. The van der Waals surface area contributed by atoms with E-state index in [1.54, 1.807) is 11.3 Å². The average molecular weight is 346 g/mol. The monoisotopic (exact) mass is 346 g/mol. The molecule has 2 atom stereocenters. The van der Waals surface area contributed by atoms with Crippen molar-refractivity contribution in [1.29, 1.82) is 0 Å². The SMILES string of the molecule is CC1CN2CCCC2CN1C(=O)c1cc2c(nc3sccn32)s1. The molecule has 2 aliphatic heterocycles. The van der Waals surface area contributed by atoms with Gasteiger partial charge in [0.15, 0.2) is 4.96 Å². The van der Waals surface area contributed by atoms with Gasteiger partial charge in [0.2, 0.25) is 0 Å². The lowest BCUT2D eigenvalue weighted by molar-refractivity contribution is 0.0400. The van der Waals surface area contributed by atoms with Gasteiger partial charge in [0.05, 0.1) is 10.4 Å². The Bertz CT molecular complexity index is 894. The van der Waals surface area contributed by atoms with E-state index in [0.29, 0.717) is 6.04 Å². The lowest BCUT2D eigenvalue weighted by Gasteiger charge is -2.42. The zero-order valence-corrected chi connectivity index (χ0v) is 14.6. The highest BCUT2D eigenvalue weighted by molar-refractivity contribution is 7.21. The Hall–Kier alpha value is -1.44. The van der Waals surface area contributed by atoms with Crippen molar-refractivity contribution in [2.75, 3.05) is 19.6 Å². The third-order valence-electron chi connectivity index (χ3n) is 5.15. The van der Waals surface area contributed by atoms with Crippen LogP contribution in [-0.2, 0) is 0 Å². The first kappa shape index (κ1) is 13.9. The molecular formula is C16H18N4OS2. The van der Waals surface area contributed by atoms with E-state index in [0.717, 1.165) is 33.3 Å². The number of hydrogen-bond acceptors (Lipinski definition) is 5. The van der Waals surface area contributed by atoms with Crippen LogP contribution in [-0.4, -0.2) is 56.8 Å². The van der Waals surface area contributed by atoms with E-state index in [2.05, 4.69) is 26.1 Å². The van der Waals surface area contributed by atoms with Gasteiger partial charge < -0.3 is 4.90 Å². The molecule has 5 nitrogen and oxygen atoms in total. The van der Waals surface area contributed by atoms with Crippen LogP contribution in [0.5, 0.6) is 0 Å². The van der Waals surface area contributed by atoms with Crippen molar-refractivity contribution in [3.63, 3.8) is 0 Å². The number of nitrogens with zero attached hydrogens (tertiary/aromatic N) is 4. The van der Waals surface area contributed by atoms with Crippen LogP contribution < -0.4 is 0 Å². The molecule has 23 heavy (non-hydrogen) atoms. The number of rotatable bonds is 1. The van der Waals surface area contributed by atoms with Crippen molar-refractivity contribution >= 4 is 43.9 Å². The van der Waals surface area contributed by atoms with Crippen LogP contribution in [0.2, 0.25) is 0 Å². The van der Waals surface area contributed by atoms with Gasteiger partial charge in [-0.15, -0.1) is 22.7 Å². The van der Waals surface area contributed by atoms with E-state index in [1.165, 1.54) is 30.7 Å². The van der Waals surface area contributed by atoms with E-state index in [-0.39, 0.29) is 11.9 Å². The highest BCUT2D eigenvalue weighted by Crippen LogP contribution is 2.31. The molecule has 120 valence electrons. The molecule has 1 amide bonds. The normalized spacial score (nSPS) is 25.5. The molecular weight excluding hydrogens is 328 g/mol. The predicted molar refractivity (Wildman–Crippen MR) is 93.5 cm³/mol. The number of fused-ring (bicyclic) bond motifs is 4. The van der Waals surface area contributed by atoms with Crippen LogP contribution in [0, 0.1) is 0 Å². The zero-order valence-electron chi connectivity index (χ0n) is 12.9. The van der Waals surface area contributed by atoms with Gasteiger partial charge in [-0.2, -0.15) is 0 Å². The van der Waals surface area contributed by atoms with Gasteiger partial charge in [-0.05, 0) is 32.4 Å². The van der Waals surface area contributed by atoms with Crippen molar-refractivity contribution < 1.29 is 4.79 Å². The molecule has 0 spiro atoms. The van der Waals surface area contributed by atoms with Crippen LogP contribution >= 0.6 is 22.7 Å². The van der Waals surface area contributed by atoms with E-state index in [4.69, 9.17) is 0 Å². The first-order chi connectivity index (χ1) is 11.2. The first-order valence-electron chi connectivity index (χ1n) is 8.11. The number of piperazine rings is 1. The Morgan fingerprint density at radius 1 is 1.39 bits per heavy atom. The molecule has 5 heterocycles. The van der Waals surface area contributed by atoms with E-state index in [1.807, 2.05) is 17.6 Å². The quantitative estimate of drug-likeness (QED) is 0.680. The molecule has 2 aliphatic rings. The molecule has 2 saturated heterocycles. The van der Waals surface area contributed by atoms with Gasteiger partial charge in [0.25, 0.3) is 5.91 Å². The van der Waals surface area contributed by atoms with E-state index < -0.39 is 0 Å².